The molecule has 0 heterocycles. The lowest BCUT2D eigenvalue weighted by molar-refractivity contribution is 0.969. The second-order valence-corrected chi connectivity index (χ2v) is 1.06. The average Bonchev–Trinajstić information content (AvgIpc) is 1.83. The third kappa shape index (κ3) is 2.94. The summed E-state index contributed by atoms with van der Waals surface area (Å²) in [5.74, 6) is 6.93. The number of nitrogens with two attached hydrogens (primary N) is 1. The molecule has 0 spiro atoms. The van der Waals surface area contributed by atoms with Crippen molar-refractivity contribution < 1.29 is 0 Å². The summed E-state index contributed by atoms with van der Waals surface area (Å²) < 4.78 is 0. The maximum atomic E-state index is 6.82. The molecule has 8 heavy (non-hydrogen) atoms. The van der Waals surface area contributed by atoms with E-state index in [-0.39, 0.29) is 5.71 Å². The van der Waals surface area contributed by atoms with E-state index in [1.165, 1.54) is 12.3 Å². The minimum Gasteiger partial charge on any atom is -0.331 e. The van der Waals surface area contributed by atoms with Crippen molar-refractivity contribution in [3.8, 4) is 12.3 Å². The Morgan fingerprint density at radius 3 is 2.88 bits per heavy atom. The molecule has 42 valence electrons. The summed E-state index contributed by atoms with van der Waals surface area (Å²) in [6.07, 6.45) is 7.60. The van der Waals surface area contributed by atoms with Gasteiger partial charge in [0.05, 0.1) is 0 Å². The van der Waals surface area contributed by atoms with Crippen molar-refractivity contribution >= 4 is 5.71 Å². The van der Waals surface area contributed by atoms with Crippen molar-refractivity contribution in [3.63, 3.8) is 0 Å². The highest BCUT2D eigenvalue weighted by Crippen LogP contribution is 1.68. The van der Waals surface area contributed by atoms with Gasteiger partial charge in [-0.05, 0) is 6.08 Å². The minimum atomic E-state index is 0.1000. The fourth-order valence-electron chi connectivity index (χ4n) is 0.180. The quantitative estimate of drug-likeness (QED) is 0.196. The molecule has 0 aliphatic rings. The number of rotatable bonds is 2. The van der Waals surface area contributed by atoms with Gasteiger partial charge in [0.15, 0.2) is 0 Å². The third-order valence-electron chi connectivity index (χ3n) is 0.502. The van der Waals surface area contributed by atoms with Crippen LogP contribution in [0.5, 0.6) is 0 Å². The van der Waals surface area contributed by atoms with Crippen LogP contribution in [-0.2, 0) is 0 Å². The van der Waals surface area contributed by atoms with Gasteiger partial charge in [-0.1, -0.05) is 5.92 Å². The molecule has 0 amide bonds. The average molecular weight is 109 g/mol. The molecule has 3 nitrogen and oxygen atoms in total. The van der Waals surface area contributed by atoms with Crippen LogP contribution in [0.15, 0.2) is 12.3 Å². The maximum absolute atomic E-state index is 6.82. The van der Waals surface area contributed by atoms with E-state index in [1.807, 2.05) is 0 Å². The van der Waals surface area contributed by atoms with E-state index >= 15 is 0 Å². The predicted octanol–water partition coefficient (Wildman–Crippen LogP) is -0.384. The fraction of sp³-hybridized carbons (Fsp3) is 0. The number of nitrogens with one attached hydrogen (secondary N) is 2. The highest BCUT2D eigenvalue weighted by atomic mass is 15.2. The molecule has 0 atom stereocenters. The van der Waals surface area contributed by atoms with Crippen LogP contribution in [0.25, 0.3) is 0 Å². The molecule has 0 aliphatic carbocycles. The first kappa shape index (κ1) is 6.73. The first-order valence-electron chi connectivity index (χ1n) is 1.99. The zero-order valence-electron chi connectivity index (χ0n) is 4.31. The molecule has 3 heteroatoms. The van der Waals surface area contributed by atoms with Gasteiger partial charge in [0.1, 0.15) is 5.71 Å². The largest absolute Gasteiger partial charge is 0.331 e. The van der Waals surface area contributed by atoms with Crippen LogP contribution in [0.3, 0.4) is 0 Å². The number of allylic oxidation sites excluding steroid dienone is 1. The molecule has 0 radical (unpaired) electrons. The van der Waals surface area contributed by atoms with E-state index in [9.17, 15) is 0 Å². The van der Waals surface area contributed by atoms with Gasteiger partial charge in [-0.25, -0.2) is 0 Å². The lowest BCUT2D eigenvalue weighted by Crippen LogP contribution is -2.13. The topological polar surface area (TPSA) is 61.9 Å². The summed E-state index contributed by atoms with van der Waals surface area (Å²) in [7, 11) is 0. The smallest absolute Gasteiger partial charge is 0.105 e. The highest BCUT2D eigenvalue weighted by molar-refractivity contribution is 6.05. The number of hydrazine groups is 1. The summed E-state index contributed by atoms with van der Waals surface area (Å²) in [5, 5.41) is 6.82. The van der Waals surface area contributed by atoms with Crippen molar-refractivity contribution in [2.75, 3.05) is 0 Å². The lowest BCUT2D eigenvalue weighted by Gasteiger charge is -1.82. The van der Waals surface area contributed by atoms with E-state index in [2.05, 4.69) is 11.3 Å². The summed E-state index contributed by atoms with van der Waals surface area (Å²) in [6.45, 7) is 0. The second kappa shape index (κ2) is 3.90. The Hall–Kier alpha value is -1.27. The fourth-order valence-corrected chi connectivity index (χ4v) is 0.180. The van der Waals surface area contributed by atoms with E-state index in [0.717, 1.165) is 0 Å². The predicted molar refractivity (Wildman–Crippen MR) is 33.0 cm³/mol. The Balaban J connectivity index is 3.58. The molecule has 0 aliphatic heterocycles. The summed E-state index contributed by atoms with van der Waals surface area (Å²) in [6, 6.07) is 0. The Bertz CT molecular complexity index is 140. The Labute approximate surface area is 48.1 Å². The summed E-state index contributed by atoms with van der Waals surface area (Å²) in [4.78, 5) is 0. The standard InChI is InChI=1S/C5H7N3/c1-2-5(6)3-4-8-7/h1,3-4,6,8H,7H2/b4-3-,6-5?. The molecular weight excluding hydrogens is 102 g/mol. The molecule has 0 saturated heterocycles. The van der Waals surface area contributed by atoms with Gasteiger partial charge in [0.25, 0.3) is 0 Å². The highest BCUT2D eigenvalue weighted by Gasteiger charge is 1.75. The monoisotopic (exact) mass is 109 g/mol. The normalized spacial score (nSPS) is 8.50. The molecule has 0 unspecified atom stereocenters. The van der Waals surface area contributed by atoms with Crippen LogP contribution < -0.4 is 11.3 Å². The molecular formula is C5H7N3. The van der Waals surface area contributed by atoms with Crippen LogP contribution in [0.2, 0.25) is 0 Å². The van der Waals surface area contributed by atoms with Crippen LogP contribution in [0.1, 0.15) is 0 Å². The zero-order valence-corrected chi connectivity index (χ0v) is 4.31. The maximum Gasteiger partial charge on any atom is 0.105 e. The Morgan fingerprint density at radius 2 is 2.50 bits per heavy atom. The van der Waals surface area contributed by atoms with Gasteiger partial charge in [-0.2, -0.15) is 0 Å². The van der Waals surface area contributed by atoms with E-state index < -0.39 is 0 Å². The molecule has 0 saturated carbocycles. The van der Waals surface area contributed by atoms with E-state index in [1.54, 1.807) is 0 Å². The van der Waals surface area contributed by atoms with Crippen molar-refractivity contribution in [2.24, 2.45) is 5.84 Å². The summed E-state index contributed by atoms with van der Waals surface area (Å²) >= 11 is 0. The van der Waals surface area contributed by atoms with Gasteiger partial charge >= 0.3 is 0 Å². The van der Waals surface area contributed by atoms with Gasteiger partial charge in [0, 0.05) is 6.20 Å². The molecule has 0 rings (SSSR count). The zero-order chi connectivity index (χ0) is 6.41. The first-order valence-corrected chi connectivity index (χ1v) is 1.99. The molecule has 4 N–H and O–H groups in total. The number of hydrogen-bond donors (Lipinski definition) is 3. The number of hydrogen-bond acceptors (Lipinski definition) is 3. The van der Waals surface area contributed by atoms with Crippen LogP contribution in [-0.4, -0.2) is 5.71 Å². The molecule has 0 bridgehead atoms. The van der Waals surface area contributed by atoms with Crippen LogP contribution in [0.4, 0.5) is 0 Å². The molecule has 0 fully saturated rings. The molecule has 0 aromatic rings. The summed E-state index contributed by atoms with van der Waals surface area (Å²) in [5.41, 5.74) is 2.32. The van der Waals surface area contributed by atoms with Gasteiger partial charge in [0.2, 0.25) is 0 Å². The van der Waals surface area contributed by atoms with Crippen LogP contribution in [0, 0.1) is 17.8 Å². The van der Waals surface area contributed by atoms with Crippen molar-refractivity contribution in [1.29, 1.82) is 5.41 Å². The Morgan fingerprint density at radius 1 is 1.88 bits per heavy atom. The van der Waals surface area contributed by atoms with Crippen LogP contribution >= 0.6 is 0 Å². The minimum absolute atomic E-state index is 0.1000. The molecule has 0 aromatic heterocycles. The van der Waals surface area contributed by atoms with E-state index in [0.29, 0.717) is 0 Å². The van der Waals surface area contributed by atoms with Crippen molar-refractivity contribution in [2.45, 2.75) is 0 Å². The lowest BCUT2D eigenvalue weighted by atomic mass is 10.4. The third-order valence-corrected chi connectivity index (χ3v) is 0.502. The Kier molecular flexibility index (Phi) is 3.28. The number of terminal acetylenes is 1. The van der Waals surface area contributed by atoms with Crippen molar-refractivity contribution in [1.82, 2.24) is 5.43 Å². The van der Waals surface area contributed by atoms with Crippen molar-refractivity contribution in [3.05, 3.63) is 12.3 Å². The van der Waals surface area contributed by atoms with Gasteiger partial charge < -0.3 is 5.43 Å². The second-order valence-electron chi connectivity index (χ2n) is 1.06. The molecule has 0 aromatic carbocycles. The van der Waals surface area contributed by atoms with E-state index in [4.69, 9.17) is 17.7 Å². The first-order chi connectivity index (χ1) is 3.81. The van der Waals surface area contributed by atoms with Gasteiger partial charge in [-0.3, -0.25) is 11.3 Å². The van der Waals surface area contributed by atoms with Gasteiger partial charge in [-0.15, -0.1) is 6.42 Å². The SMILES string of the molecule is C#CC(=N)/C=C\NN.